The number of benzene rings is 2. The molecular formula is C26H27Br2N5O7. The summed E-state index contributed by atoms with van der Waals surface area (Å²) < 4.78 is 23.0. The zero-order valence-electron chi connectivity index (χ0n) is 21.8. The number of hydrazone groups is 1. The van der Waals surface area contributed by atoms with Gasteiger partial charge in [0.25, 0.3) is 0 Å². The monoisotopic (exact) mass is 679 g/mol. The van der Waals surface area contributed by atoms with E-state index in [0.29, 0.717) is 49.6 Å². The zero-order valence-corrected chi connectivity index (χ0v) is 25.0. The fraction of sp³-hybridized carbons (Fsp3) is 0.308. The Morgan fingerprint density at radius 1 is 1.23 bits per heavy atom. The summed E-state index contributed by atoms with van der Waals surface area (Å²) in [6.45, 7) is 3.49. The van der Waals surface area contributed by atoms with Crippen molar-refractivity contribution >= 4 is 50.1 Å². The summed E-state index contributed by atoms with van der Waals surface area (Å²) in [4.78, 5) is 24.5. The summed E-state index contributed by atoms with van der Waals surface area (Å²) in [5, 5.41) is 28.4. The van der Waals surface area contributed by atoms with Gasteiger partial charge in [-0.3, -0.25) is 5.43 Å². The van der Waals surface area contributed by atoms with Crippen LogP contribution in [-0.4, -0.2) is 56.5 Å². The highest BCUT2D eigenvalue weighted by Gasteiger charge is 2.32. The molecule has 0 radical (unpaired) electrons. The molecule has 2 amide bonds. The van der Waals surface area contributed by atoms with Gasteiger partial charge in [-0.2, -0.15) is 10.4 Å². The van der Waals surface area contributed by atoms with Gasteiger partial charge in [0, 0.05) is 5.70 Å². The molecule has 0 unspecified atom stereocenters. The quantitative estimate of drug-likeness (QED) is 0.113. The van der Waals surface area contributed by atoms with E-state index in [2.05, 4.69) is 53.0 Å². The molecule has 12 nitrogen and oxygen atoms in total. The van der Waals surface area contributed by atoms with Crippen molar-refractivity contribution in [1.82, 2.24) is 16.1 Å². The summed E-state index contributed by atoms with van der Waals surface area (Å²) in [7, 11) is 1.27. The molecule has 0 saturated heterocycles. The lowest BCUT2D eigenvalue weighted by Gasteiger charge is -2.28. The fourth-order valence-electron chi connectivity index (χ4n) is 3.72. The Labute approximate surface area is 247 Å². The maximum absolute atomic E-state index is 12.4. The number of nitrogens with zero attached hydrogens (tertiary/aromatic N) is 2. The van der Waals surface area contributed by atoms with E-state index in [-0.39, 0.29) is 18.8 Å². The maximum atomic E-state index is 12.4. The first kappa shape index (κ1) is 30.7. The van der Waals surface area contributed by atoms with Crippen molar-refractivity contribution in [3.8, 4) is 23.3 Å². The van der Waals surface area contributed by atoms with E-state index in [0.717, 1.165) is 0 Å². The molecule has 0 fully saturated rings. The van der Waals surface area contributed by atoms with Gasteiger partial charge in [0.15, 0.2) is 24.3 Å². The Hall–Kier alpha value is -3.80. The van der Waals surface area contributed by atoms with Crippen LogP contribution >= 0.6 is 31.9 Å². The third-order valence-corrected chi connectivity index (χ3v) is 6.59. The molecule has 0 spiro atoms. The Balaban J connectivity index is 1.68. The van der Waals surface area contributed by atoms with E-state index >= 15 is 0 Å². The third kappa shape index (κ3) is 7.87. The number of nitriles is 1. The molecule has 2 aromatic carbocycles. The average Bonchev–Trinajstić information content (AvgIpc) is 2.91. The van der Waals surface area contributed by atoms with Crippen LogP contribution in [0.5, 0.6) is 17.2 Å². The Bertz CT molecular complexity index is 1340. The van der Waals surface area contributed by atoms with Gasteiger partial charge in [0.05, 0.1) is 40.5 Å². The molecule has 0 aromatic heterocycles. The van der Waals surface area contributed by atoms with E-state index in [9.17, 15) is 14.7 Å². The largest absolute Gasteiger partial charge is 0.490 e. The molecule has 2 atom stereocenters. The average molecular weight is 681 g/mol. The SMILES string of the molecule is CCOc1cc([C@@H]2NC(=O)NC(C)=C2C(=O)OC)ccc1OC[C@H](O)N/N=C\c1cc(Br)c(OCC#N)c(Br)c1. The fourth-order valence-corrected chi connectivity index (χ4v) is 5.17. The van der Waals surface area contributed by atoms with Gasteiger partial charge in [-0.05, 0) is 81.1 Å². The first-order chi connectivity index (χ1) is 19.2. The second-order valence-corrected chi connectivity index (χ2v) is 9.88. The molecule has 4 N–H and O–H groups in total. The lowest BCUT2D eigenvalue weighted by molar-refractivity contribution is -0.136. The molecule has 40 heavy (non-hydrogen) atoms. The number of aliphatic hydroxyl groups is 1. The smallest absolute Gasteiger partial charge is 0.337 e. The minimum atomic E-state index is -1.16. The number of amides is 2. The minimum Gasteiger partial charge on any atom is -0.490 e. The van der Waals surface area contributed by atoms with Crippen LogP contribution in [0.15, 0.2) is 55.6 Å². The van der Waals surface area contributed by atoms with Crippen LogP contribution in [0.1, 0.15) is 31.0 Å². The zero-order chi connectivity index (χ0) is 29.2. The highest BCUT2D eigenvalue weighted by molar-refractivity contribution is 9.11. The lowest BCUT2D eigenvalue weighted by atomic mass is 9.95. The number of nitrogens with one attached hydrogen (secondary N) is 3. The van der Waals surface area contributed by atoms with E-state index in [4.69, 9.17) is 24.2 Å². The van der Waals surface area contributed by atoms with Crippen LogP contribution in [0.25, 0.3) is 0 Å². The lowest BCUT2D eigenvalue weighted by Crippen LogP contribution is -2.45. The van der Waals surface area contributed by atoms with Gasteiger partial charge in [0.2, 0.25) is 0 Å². The van der Waals surface area contributed by atoms with E-state index in [1.165, 1.54) is 13.3 Å². The number of allylic oxidation sites excluding steroid dienone is 1. The van der Waals surface area contributed by atoms with Gasteiger partial charge < -0.3 is 34.7 Å². The van der Waals surface area contributed by atoms with Gasteiger partial charge in [-0.1, -0.05) is 6.07 Å². The Kier molecular flexibility index (Phi) is 11.2. The van der Waals surface area contributed by atoms with Crippen LogP contribution in [-0.2, 0) is 9.53 Å². The van der Waals surface area contributed by atoms with Gasteiger partial charge in [-0.25, -0.2) is 9.59 Å². The number of carbonyl (C=O) groups is 2. The van der Waals surface area contributed by atoms with Gasteiger partial charge >= 0.3 is 12.0 Å². The number of hydrogen-bond acceptors (Lipinski definition) is 10. The molecule has 2 aromatic rings. The summed E-state index contributed by atoms with van der Waals surface area (Å²) >= 11 is 6.79. The Morgan fingerprint density at radius 3 is 2.60 bits per heavy atom. The van der Waals surface area contributed by atoms with Crippen LogP contribution in [0.3, 0.4) is 0 Å². The molecular weight excluding hydrogens is 654 g/mol. The number of esters is 1. The summed E-state index contributed by atoms with van der Waals surface area (Å²) in [6, 6.07) is 9.15. The molecule has 1 aliphatic heterocycles. The predicted octanol–water partition coefficient (Wildman–Crippen LogP) is 3.63. The molecule has 1 aliphatic rings. The van der Waals surface area contributed by atoms with E-state index < -0.39 is 24.3 Å². The molecule has 0 aliphatic carbocycles. The summed E-state index contributed by atoms with van der Waals surface area (Å²) in [6.07, 6.45) is 0.338. The summed E-state index contributed by atoms with van der Waals surface area (Å²) in [5.74, 6) is 0.619. The predicted molar refractivity (Wildman–Crippen MR) is 152 cm³/mol. The van der Waals surface area contributed by atoms with Crippen LogP contribution in [0, 0.1) is 11.3 Å². The summed E-state index contributed by atoms with van der Waals surface area (Å²) in [5.41, 5.74) is 4.50. The molecule has 3 rings (SSSR count). The number of urea groups is 1. The van der Waals surface area contributed by atoms with Gasteiger partial charge in [0.1, 0.15) is 18.4 Å². The van der Waals surface area contributed by atoms with Crippen LogP contribution in [0.2, 0.25) is 0 Å². The number of halogens is 2. The molecule has 0 saturated carbocycles. The maximum Gasteiger partial charge on any atom is 0.337 e. The van der Waals surface area contributed by atoms with Crippen molar-refractivity contribution in [2.75, 3.05) is 26.9 Å². The third-order valence-electron chi connectivity index (χ3n) is 5.41. The van der Waals surface area contributed by atoms with Crippen LogP contribution < -0.4 is 30.3 Å². The van der Waals surface area contributed by atoms with E-state index in [1.54, 1.807) is 44.2 Å². The van der Waals surface area contributed by atoms with Crippen molar-refractivity contribution in [2.24, 2.45) is 5.10 Å². The van der Waals surface area contributed by atoms with Crippen LogP contribution in [0.4, 0.5) is 4.79 Å². The number of ether oxygens (including phenoxy) is 4. The van der Waals surface area contributed by atoms with E-state index in [1.807, 2.05) is 6.07 Å². The highest BCUT2D eigenvalue weighted by atomic mass is 79.9. The molecule has 212 valence electrons. The minimum absolute atomic E-state index is 0.0913. The van der Waals surface area contributed by atoms with Crippen molar-refractivity contribution in [3.05, 3.63) is 61.7 Å². The number of rotatable bonds is 12. The van der Waals surface area contributed by atoms with Gasteiger partial charge in [-0.15, -0.1) is 0 Å². The molecule has 14 heteroatoms. The second-order valence-electron chi connectivity index (χ2n) is 8.18. The number of carbonyl (C=O) groups excluding carboxylic acids is 2. The topological polar surface area (TPSA) is 164 Å². The number of aliphatic hydroxyl groups excluding tert-OH is 1. The van der Waals surface area contributed by atoms with Crippen molar-refractivity contribution in [3.63, 3.8) is 0 Å². The normalized spacial score (nSPS) is 15.5. The first-order valence-corrected chi connectivity index (χ1v) is 13.5. The second kappa shape index (κ2) is 14.5. The first-order valence-electron chi connectivity index (χ1n) is 11.9. The highest BCUT2D eigenvalue weighted by Crippen LogP contribution is 2.35. The Morgan fingerprint density at radius 2 is 1.95 bits per heavy atom. The van der Waals surface area contributed by atoms with Crippen molar-refractivity contribution < 1.29 is 33.6 Å². The number of hydrogen-bond donors (Lipinski definition) is 4. The number of methoxy groups -OCH3 is 1. The van der Waals surface area contributed by atoms with Crippen molar-refractivity contribution in [2.45, 2.75) is 26.1 Å². The standard InChI is InChI=1S/C26H27Br2N5O7/c1-4-38-20-11-16(23-22(25(35)37-3)14(2)31-26(36)32-23)5-6-19(20)40-13-21(34)33-30-12-15-9-17(27)24(18(28)10-15)39-8-7-29/h5-6,9-12,21,23,33-34H,4,8,13H2,1-3H3,(H2,31,32,36)/b30-12-/t21-,23-/m0/s1. The van der Waals surface area contributed by atoms with Crippen molar-refractivity contribution in [1.29, 1.82) is 5.26 Å². The molecule has 0 bridgehead atoms. The molecule has 1 heterocycles.